The van der Waals surface area contributed by atoms with Gasteiger partial charge in [0.1, 0.15) is 0 Å². The molecule has 5 rings (SSSR count). The topological polar surface area (TPSA) is 34.9 Å². The van der Waals surface area contributed by atoms with Crippen LogP contribution < -0.4 is 0 Å². The molecular weight excluding hydrogens is 332 g/mol. The highest BCUT2D eigenvalue weighted by atomic mass is 16.1. The number of Topliss-reactive ketones (excluding diaryl/α,β-unsaturated/α-hetero) is 1. The lowest BCUT2D eigenvalue weighted by Crippen LogP contribution is -2.52. The van der Waals surface area contributed by atoms with E-state index in [1.165, 1.54) is 44.9 Å². The third kappa shape index (κ3) is 2.53. The number of aryl methyl sites for hydroxylation is 1. The second kappa shape index (κ2) is 6.06. The molecule has 27 heavy (non-hydrogen) atoms. The molecule has 4 aliphatic carbocycles. The molecular formula is C24H34N2O. The number of ketones is 1. The summed E-state index contributed by atoms with van der Waals surface area (Å²) in [6.45, 7) is 4.90. The van der Waals surface area contributed by atoms with E-state index in [0.29, 0.717) is 17.1 Å². The fourth-order valence-electron chi connectivity index (χ4n) is 7.81. The minimum absolute atomic E-state index is 0.118. The van der Waals surface area contributed by atoms with Crippen LogP contribution >= 0.6 is 0 Å². The van der Waals surface area contributed by atoms with Crippen LogP contribution in [-0.4, -0.2) is 15.6 Å². The fraction of sp³-hybridized carbons (Fsp3) is 0.750. The first-order valence-corrected chi connectivity index (χ1v) is 11.2. The lowest BCUT2D eigenvalue weighted by Gasteiger charge is -2.59. The van der Waals surface area contributed by atoms with Crippen molar-refractivity contribution in [1.82, 2.24) is 9.78 Å². The van der Waals surface area contributed by atoms with Gasteiger partial charge >= 0.3 is 0 Å². The predicted molar refractivity (Wildman–Crippen MR) is 108 cm³/mol. The summed E-state index contributed by atoms with van der Waals surface area (Å²) in [6.07, 6.45) is 17.9. The van der Waals surface area contributed by atoms with Gasteiger partial charge < -0.3 is 0 Å². The molecule has 6 atom stereocenters. The third-order valence-electron chi connectivity index (χ3n) is 9.29. The second-order valence-corrected chi connectivity index (χ2v) is 10.5. The van der Waals surface area contributed by atoms with Gasteiger partial charge in [0.25, 0.3) is 0 Å². The van der Waals surface area contributed by atoms with Gasteiger partial charge in [0.15, 0.2) is 5.78 Å². The zero-order valence-corrected chi connectivity index (χ0v) is 17.2. The zero-order chi connectivity index (χ0) is 18.8. The van der Waals surface area contributed by atoms with Crippen LogP contribution in [0.25, 0.3) is 6.08 Å². The van der Waals surface area contributed by atoms with E-state index in [-0.39, 0.29) is 5.41 Å². The highest BCUT2D eigenvalue weighted by Crippen LogP contribution is 2.66. The number of fused-ring (bicyclic) bond motifs is 5. The molecule has 0 radical (unpaired) electrons. The number of carbonyl (C=O) groups is 1. The van der Waals surface area contributed by atoms with Crippen molar-refractivity contribution in [3.05, 3.63) is 23.5 Å². The number of hydrogen-bond acceptors (Lipinski definition) is 2. The van der Waals surface area contributed by atoms with Gasteiger partial charge in [0, 0.05) is 24.2 Å². The van der Waals surface area contributed by atoms with Crippen molar-refractivity contribution in [3.63, 3.8) is 0 Å². The van der Waals surface area contributed by atoms with Gasteiger partial charge in [-0.25, -0.2) is 0 Å². The Labute approximate surface area is 163 Å². The van der Waals surface area contributed by atoms with Crippen LogP contribution in [0.3, 0.4) is 0 Å². The molecule has 0 amide bonds. The van der Waals surface area contributed by atoms with Crippen LogP contribution in [0.4, 0.5) is 0 Å². The normalized spacial score (nSPS) is 45.4. The van der Waals surface area contributed by atoms with Crippen molar-refractivity contribution in [2.45, 2.75) is 71.6 Å². The molecule has 0 N–H and O–H groups in total. The van der Waals surface area contributed by atoms with Gasteiger partial charge in [-0.1, -0.05) is 26.7 Å². The Morgan fingerprint density at radius 2 is 1.96 bits per heavy atom. The average Bonchev–Trinajstić information content (AvgIpc) is 3.16. The van der Waals surface area contributed by atoms with Gasteiger partial charge in [0.05, 0.1) is 6.20 Å². The molecule has 1 heterocycles. The van der Waals surface area contributed by atoms with Crippen molar-refractivity contribution in [1.29, 1.82) is 0 Å². The Morgan fingerprint density at radius 3 is 2.74 bits per heavy atom. The molecule has 146 valence electrons. The molecule has 0 spiro atoms. The van der Waals surface area contributed by atoms with E-state index in [4.69, 9.17) is 0 Å². The largest absolute Gasteiger partial charge is 0.294 e. The van der Waals surface area contributed by atoms with E-state index in [0.717, 1.165) is 41.7 Å². The molecule has 1 aromatic heterocycles. The van der Waals surface area contributed by atoms with Crippen LogP contribution in [0.15, 0.2) is 18.0 Å². The summed E-state index contributed by atoms with van der Waals surface area (Å²) in [7, 11) is 1.94. The SMILES string of the molecule is Cn1cc(/C=C2/C[C@H]3[C@@H]4CC[C@H]5CCCC[C@]5(C)[C@H]4CC[C@]3(C)C2=O)cn1. The summed E-state index contributed by atoms with van der Waals surface area (Å²) in [5.74, 6) is 3.54. The van der Waals surface area contributed by atoms with Crippen molar-refractivity contribution in [3.8, 4) is 0 Å². The minimum atomic E-state index is -0.118. The van der Waals surface area contributed by atoms with Crippen LogP contribution in [0.2, 0.25) is 0 Å². The molecule has 0 aliphatic heterocycles. The number of hydrogen-bond donors (Lipinski definition) is 0. The molecule has 1 aromatic rings. The Morgan fingerprint density at radius 1 is 1.11 bits per heavy atom. The molecule has 4 fully saturated rings. The number of carbonyl (C=O) groups excluding carboxylic acids is 1. The minimum Gasteiger partial charge on any atom is -0.294 e. The molecule has 3 nitrogen and oxygen atoms in total. The van der Waals surface area contributed by atoms with E-state index < -0.39 is 0 Å². The van der Waals surface area contributed by atoms with Gasteiger partial charge in [-0.3, -0.25) is 9.48 Å². The van der Waals surface area contributed by atoms with Gasteiger partial charge in [-0.15, -0.1) is 0 Å². The highest BCUT2D eigenvalue weighted by Gasteiger charge is 2.60. The third-order valence-corrected chi connectivity index (χ3v) is 9.29. The molecule has 4 saturated carbocycles. The number of nitrogens with zero attached hydrogens (tertiary/aromatic N) is 2. The Kier molecular flexibility index (Phi) is 3.97. The first-order chi connectivity index (χ1) is 12.9. The monoisotopic (exact) mass is 366 g/mol. The summed E-state index contributed by atoms with van der Waals surface area (Å²) in [4.78, 5) is 13.4. The summed E-state index contributed by atoms with van der Waals surface area (Å²) >= 11 is 0. The standard InChI is InChI=1S/C24H34N2O/c1-23-10-5-4-6-18(23)7-8-19-20(23)9-11-24(2)21(19)13-17(22(24)27)12-16-14-25-26(3)15-16/h12,14-15,18-21H,4-11,13H2,1-3H3/b17-12-/t18-,19-,20+,21+,23+,24+/m1/s1. The molecule has 3 heteroatoms. The molecule has 4 aliphatic rings. The first kappa shape index (κ1) is 17.7. The van der Waals surface area contributed by atoms with Crippen LogP contribution in [0, 0.1) is 34.5 Å². The number of aromatic nitrogens is 2. The molecule has 0 unspecified atom stereocenters. The van der Waals surface area contributed by atoms with Crippen LogP contribution in [0.1, 0.15) is 77.2 Å². The first-order valence-electron chi connectivity index (χ1n) is 11.2. The van der Waals surface area contributed by atoms with E-state index in [2.05, 4.69) is 25.0 Å². The van der Waals surface area contributed by atoms with Crippen LogP contribution in [-0.2, 0) is 11.8 Å². The van der Waals surface area contributed by atoms with Gasteiger partial charge in [-0.2, -0.15) is 5.10 Å². The molecule has 0 saturated heterocycles. The van der Waals surface area contributed by atoms with E-state index >= 15 is 0 Å². The van der Waals surface area contributed by atoms with Crippen molar-refractivity contribution < 1.29 is 4.79 Å². The number of rotatable bonds is 1. The highest BCUT2D eigenvalue weighted by molar-refractivity contribution is 6.05. The van der Waals surface area contributed by atoms with E-state index in [1.807, 2.05) is 24.1 Å². The maximum atomic E-state index is 13.4. The maximum Gasteiger partial charge on any atom is 0.165 e. The van der Waals surface area contributed by atoms with Gasteiger partial charge in [0.2, 0.25) is 0 Å². The summed E-state index contributed by atoms with van der Waals surface area (Å²) in [5, 5.41) is 4.27. The zero-order valence-electron chi connectivity index (χ0n) is 17.2. The molecule has 0 bridgehead atoms. The smallest absolute Gasteiger partial charge is 0.165 e. The fourth-order valence-corrected chi connectivity index (χ4v) is 7.81. The maximum absolute atomic E-state index is 13.4. The Balaban J connectivity index is 1.46. The lowest BCUT2D eigenvalue weighted by atomic mass is 9.45. The van der Waals surface area contributed by atoms with Crippen molar-refractivity contribution >= 4 is 11.9 Å². The average molecular weight is 367 g/mol. The van der Waals surface area contributed by atoms with Crippen molar-refractivity contribution in [2.24, 2.45) is 41.5 Å². The van der Waals surface area contributed by atoms with E-state index in [1.54, 1.807) is 0 Å². The second-order valence-electron chi connectivity index (χ2n) is 10.5. The summed E-state index contributed by atoms with van der Waals surface area (Å²) in [5.41, 5.74) is 2.56. The van der Waals surface area contributed by atoms with E-state index in [9.17, 15) is 4.79 Å². The quantitative estimate of drug-likeness (QED) is 0.622. The molecule has 0 aromatic carbocycles. The Bertz CT molecular complexity index is 792. The summed E-state index contributed by atoms with van der Waals surface area (Å²) in [6, 6.07) is 0. The van der Waals surface area contributed by atoms with Crippen molar-refractivity contribution in [2.75, 3.05) is 0 Å². The summed E-state index contributed by atoms with van der Waals surface area (Å²) < 4.78 is 1.82. The predicted octanol–water partition coefficient (Wildman–Crippen LogP) is 5.42. The Hall–Kier alpha value is -1.38. The van der Waals surface area contributed by atoms with Crippen LogP contribution in [0.5, 0.6) is 0 Å². The lowest BCUT2D eigenvalue weighted by molar-refractivity contribution is -0.137. The van der Waals surface area contributed by atoms with Gasteiger partial charge in [-0.05, 0) is 85.7 Å². The number of allylic oxidation sites excluding steroid dienone is 1.